The Morgan fingerprint density at radius 3 is 2.72 bits per heavy atom. The SMILES string of the molecule is CC(=O)Nc1cccc(NC(=O)C2CCCN(Cc3nc(-c4ccccc4Cl)no3)C2)c1. The van der Waals surface area contributed by atoms with Crippen molar-refractivity contribution in [1.29, 1.82) is 0 Å². The number of aromatic nitrogens is 2. The number of carbonyl (C=O) groups excluding carboxylic acids is 2. The first-order valence-electron chi connectivity index (χ1n) is 10.5. The lowest BCUT2D eigenvalue weighted by Gasteiger charge is -2.30. The fourth-order valence-electron chi connectivity index (χ4n) is 3.80. The van der Waals surface area contributed by atoms with Gasteiger partial charge in [0.05, 0.1) is 17.5 Å². The van der Waals surface area contributed by atoms with Gasteiger partial charge in [0.2, 0.25) is 23.5 Å². The van der Waals surface area contributed by atoms with Crippen LogP contribution < -0.4 is 10.6 Å². The summed E-state index contributed by atoms with van der Waals surface area (Å²) in [5.41, 5.74) is 2.02. The molecule has 1 fully saturated rings. The Balaban J connectivity index is 1.36. The molecule has 2 aromatic carbocycles. The van der Waals surface area contributed by atoms with Gasteiger partial charge in [-0.1, -0.05) is 35.0 Å². The van der Waals surface area contributed by atoms with E-state index in [-0.39, 0.29) is 17.7 Å². The molecule has 3 aromatic rings. The summed E-state index contributed by atoms with van der Waals surface area (Å²) in [7, 11) is 0. The van der Waals surface area contributed by atoms with Crippen molar-refractivity contribution in [3.63, 3.8) is 0 Å². The maximum atomic E-state index is 12.8. The molecule has 166 valence electrons. The van der Waals surface area contributed by atoms with Crippen molar-refractivity contribution in [3.05, 3.63) is 59.4 Å². The van der Waals surface area contributed by atoms with Crippen molar-refractivity contribution in [2.45, 2.75) is 26.3 Å². The smallest absolute Gasteiger partial charge is 0.241 e. The van der Waals surface area contributed by atoms with Crippen LogP contribution in [0.25, 0.3) is 11.4 Å². The molecule has 0 saturated carbocycles. The van der Waals surface area contributed by atoms with Crippen molar-refractivity contribution >= 4 is 34.8 Å². The van der Waals surface area contributed by atoms with E-state index in [4.69, 9.17) is 16.1 Å². The minimum atomic E-state index is -0.157. The van der Waals surface area contributed by atoms with Crippen molar-refractivity contribution in [3.8, 4) is 11.4 Å². The topological polar surface area (TPSA) is 100 Å². The first-order chi connectivity index (χ1) is 15.5. The lowest BCUT2D eigenvalue weighted by Crippen LogP contribution is -2.40. The molecule has 32 heavy (non-hydrogen) atoms. The fourth-order valence-corrected chi connectivity index (χ4v) is 4.02. The second kappa shape index (κ2) is 9.93. The highest BCUT2D eigenvalue weighted by molar-refractivity contribution is 6.33. The Hall–Kier alpha value is -3.23. The number of halogens is 1. The van der Waals surface area contributed by atoms with E-state index in [0.717, 1.165) is 24.9 Å². The predicted octanol–water partition coefficient (Wildman–Crippen LogP) is 4.20. The summed E-state index contributed by atoms with van der Waals surface area (Å²) < 4.78 is 5.42. The molecule has 0 bridgehead atoms. The molecule has 9 heteroatoms. The molecule has 2 N–H and O–H groups in total. The van der Waals surface area contributed by atoms with E-state index in [2.05, 4.69) is 25.7 Å². The van der Waals surface area contributed by atoms with E-state index in [1.807, 2.05) is 18.2 Å². The Labute approximate surface area is 190 Å². The van der Waals surface area contributed by atoms with E-state index >= 15 is 0 Å². The van der Waals surface area contributed by atoms with Crippen LogP contribution in [0, 0.1) is 5.92 Å². The van der Waals surface area contributed by atoms with Crippen LogP contribution in [0.3, 0.4) is 0 Å². The van der Waals surface area contributed by atoms with Gasteiger partial charge in [0.15, 0.2) is 0 Å². The normalized spacial score (nSPS) is 16.5. The molecule has 1 aromatic heterocycles. The van der Waals surface area contributed by atoms with E-state index in [0.29, 0.717) is 41.2 Å². The van der Waals surface area contributed by atoms with Gasteiger partial charge in [-0.25, -0.2) is 0 Å². The van der Waals surface area contributed by atoms with Gasteiger partial charge in [-0.3, -0.25) is 14.5 Å². The van der Waals surface area contributed by atoms with E-state index in [1.165, 1.54) is 6.92 Å². The lowest BCUT2D eigenvalue weighted by molar-refractivity contribution is -0.121. The molecule has 0 aliphatic carbocycles. The number of piperidine rings is 1. The summed E-state index contributed by atoms with van der Waals surface area (Å²) in [4.78, 5) is 30.7. The molecule has 2 amide bonds. The number of nitrogens with one attached hydrogen (secondary N) is 2. The van der Waals surface area contributed by atoms with Crippen molar-refractivity contribution < 1.29 is 14.1 Å². The monoisotopic (exact) mass is 453 g/mol. The van der Waals surface area contributed by atoms with Crippen LogP contribution in [0.2, 0.25) is 5.02 Å². The minimum Gasteiger partial charge on any atom is -0.338 e. The summed E-state index contributed by atoms with van der Waals surface area (Å²) in [6.07, 6.45) is 1.71. The van der Waals surface area contributed by atoms with Crippen LogP contribution in [0.4, 0.5) is 11.4 Å². The highest BCUT2D eigenvalue weighted by Gasteiger charge is 2.27. The molecule has 1 atom stereocenters. The first kappa shape index (κ1) is 22.0. The first-order valence-corrected chi connectivity index (χ1v) is 10.8. The number of rotatable bonds is 6. The predicted molar refractivity (Wildman–Crippen MR) is 122 cm³/mol. The number of carbonyl (C=O) groups is 2. The van der Waals surface area contributed by atoms with Gasteiger partial charge >= 0.3 is 0 Å². The Morgan fingerprint density at radius 1 is 1.16 bits per heavy atom. The number of likely N-dealkylation sites (tertiary alicyclic amines) is 1. The number of nitrogens with zero attached hydrogens (tertiary/aromatic N) is 3. The number of benzene rings is 2. The van der Waals surface area contributed by atoms with Crippen LogP contribution in [-0.2, 0) is 16.1 Å². The van der Waals surface area contributed by atoms with Gasteiger partial charge in [0.25, 0.3) is 0 Å². The number of hydrogen-bond acceptors (Lipinski definition) is 6. The Kier molecular flexibility index (Phi) is 6.82. The zero-order chi connectivity index (χ0) is 22.5. The Bertz CT molecular complexity index is 1120. The summed E-state index contributed by atoms with van der Waals surface area (Å²) in [5.74, 6) is 0.589. The molecule has 2 heterocycles. The maximum absolute atomic E-state index is 12.8. The number of amides is 2. The van der Waals surface area contributed by atoms with E-state index in [1.54, 1.807) is 30.3 Å². The van der Waals surface area contributed by atoms with E-state index < -0.39 is 0 Å². The minimum absolute atomic E-state index is 0.0445. The van der Waals surface area contributed by atoms with Crippen molar-refractivity contribution in [2.75, 3.05) is 23.7 Å². The number of hydrogen-bond donors (Lipinski definition) is 2. The van der Waals surface area contributed by atoms with Crippen LogP contribution in [0.5, 0.6) is 0 Å². The Morgan fingerprint density at radius 2 is 1.94 bits per heavy atom. The molecule has 1 unspecified atom stereocenters. The van der Waals surface area contributed by atoms with Crippen molar-refractivity contribution in [2.24, 2.45) is 5.92 Å². The number of anilines is 2. The second-order valence-electron chi connectivity index (χ2n) is 7.82. The maximum Gasteiger partial charge on any atom is 0.241 e. The molecule has 0 radical (unpaired) electrons. The average molecular weight is 454 g/mol. The third kappa shape index (κ3) is 5.52. The molecule has 0 spiro atoms. The molecular weight excluding hydrogens is 430 g/mol. The fraction of sp³-hybridized carbons (Fsp3) is 0.304. The summed E-state index contributed by atoms with van der Waals surface area (Å²) in [6, 6.07) is 14.5. The second-order valence-corrected chi connectivity index (χ2v) is 8.22. The largest absolute Gasteiger partial charge is 0.338 e. The quantitative estimate of drug-likeness (QED) is 0.580. The van der Waals surface area contributed by atoms with Gasteiger partial charge in [-0.05, 0) is 49.7 Å². The van der Waals surface area contributed by atoms with Gasteiger partial charge in [0.1, 0.15) is 0 Å². The van der Waals surface area contributed by atoms with Gasteiger partial charge in [0, 0.05) is 30.4 Å². The van der Waals surface area contributed by atoms with Gasteiger partial charge in [-0.15, -0.1) is 0 Å². The average Bonchev–Trinajstić information content (AvgIpc) is 3.22. The summed E-state index contributed by atoms with van der Waals surface area (Å²) in [5, 5.41) is 10.3. The summed E-state index contributed by atoms with van der Waals surface area (Å²) in [6.45, 7) is 3.37. The van der Waals surface area contributed by atoms with Crippen LogP contribution in [0.1, 0.15) is 25.7 Å². The highest BCUT2D eigenvalue weighted by Crippen LogP contribution is 2.26. The molecule has 1 aliphatic heterocycles. The van der Waals surface area contributed by atoms with Crippen LogP contribution >= 0.6 is 11.6 Å². The standard InChI is InChI=1S/C23H24ClN5O3/c1-15(30)25-17-7-4-8-18(12-17)26-23(31)16-6-5-11-29(13-16)14-21-27-22(28-32-21)19-9-2-3-10-20(19)24/h2-4,7-10,12,16H,5-6,11,13-14H2,1H3,(H,25,30)(H,26,31). The van der Waals surface area contributed by atoms with Gasteiger partial charge < -0.3 is 15.2 Å². The zero-order valence-electron chi connectivity index (χ0n) is 17.7. The van der Waals surface area contributed by atoms with Crippen LogP contribution in [0.15, 0.2) is 53.1 Å². The molecule has 8 nitrogen and oxygen atoms in total. The highest BCUT2D eigenvalue weighted by atomic mass is 35.5. The molecule has 1 saturated heterocycles. The van der Waals surface area contributed by atoms with Gasteiger partial charge in [-0.2, -0.15) is 4.98 Å². The third-order valence-electron chi connectivity index (χ3n) is 5.27. The van der Waals surface area contributed by atoms with Crippen molar-refractivity contribution in [1.82, 2.24) is 15.0 Å². The van der Waals surface area contributed by atoms with Crippen LogP contribution in [-0.4, -0.2) is 39.9 Å². The van der Waals surface area contributed by atoms with E-state index in [9.17, 15) is 9.59 Å². The zero-order valence-corrected chi connectivity index (χ0v) is 18.4. The lowest BCUT2D eigenvalue weighted by atomic mass is 9.97. The molecule has 4 rings (SSSR count). The summed E-state index contributed by atoms with van der Waals surface area (Å²) >= 11 is 6.22. The third-order valence-corrected chi connectivity index (χ3v) is 5.60. The molecular formula is C23H24ClN5O3. The molecule has 1 aliphatic rings.